The summed E-state index contributed by atoms with van der Waals surface area (Å²) in [6.45, 7) is 11.1. The molecule has 98 valence electrons. The lowest BCUT2D eigenvalue weighted by Gasteiger charge is -2.24. The molecule has 0 saturated carbocycles. The van der Waals surface area contributed by atoms with Gasteiger partial charge >= 0.3 is 0 Å². The highest BCUT2D eigenvalue weighted by Gasteiger charge is 2.24. The molecule has 0 fully saturated rings. The second kappa shape index (κ2) is 5.88. The number of aryl methyl sites for hydroxylation is 2. The topological polar surface area (TPSA) is 45.0 Å². The smallest absolute Gasteiger partial charge is 0.138 e. The van der Waals surface area contributed by atoms with Crippen molar-refractivity contribution in [2.45, 2.75) is 40.2 Å². The maximum atomic E-state index is 9.20. The summed E-state index contributed by atoms with van der Waals surface area (Å²) in [7, 11) is 0. The van der Waals surface area contributed by atoms with Gasteiger partial charge in [0, 0.05) is 0 Å². The lowest BCUT2D eigenvalue weighted by Crippen LogP contribution is -2.46. The minimum absolute atomic E-state index is 0.350. The third-order valence-electron chi connectivity index (χ3n) is 3.19. The van der Waals surface area contributed by atoms with E-state index in [1.165, 1.54) is 5.56 Å². The Morgan fingerprint density at radius 3 is 2.44 bits per heavy atom. The summed E-state index contributed by atoms with van der Waals surface area (Å²) < 4.78 is 5.87. The standard InChI is InChI=1S/C15H22N2O/c1-6-17-15(5,9-16)10-18-14-12(3)8-7-11(2)13(14)4/h7-8,17H,6,10H2,1-5H3. The molecule has 0 aliphatic heterocycles. The number of benzene rings is 1. The van der Waals surface area contributed by atoms with Crippen molar-refractivity contribution < 1.29 is 4.74 Å². The number of likely N-dealkylation sites (N-methyl/N-ethyl adjacent to an activating group) is 1. The van der Waals surface area contributed by atoms with Crippen LogP contribution in [0, 0.1) is 32.1 Å². The van der Waals surface area contributed by atoms with Crippen LogP contribution in [0.5, 0.6) is 5.75 Å². The fourth-order valence-electron chi connectivity index (χ4n) is 1.88. The van der Waals surface area contributed by atoms with Crippen LogP contribution >= 0.6 is 0 Å². The van der Waals surface area contributed by atoms with Crippen molar-refractivity contribution in [3.05, 3.63) is 28.8 Å². The number of nitriles is 1. The first-order valence-corrected chi connectivity index (χ1v) is 6.29. The van der Waals surface area contributed by atoms with Gasteiger partial charge < -0.3 is 4.74 Å². The molecule has 1 atom stereocenters. The minimum Gasteiger partial charge on any atom is -0.490 e. The SMILES string of the molecule is CCNC(C)(C#N)COc1c(C)ccc(C)c1C. The van der Waals surface area contributed by atoms with Crippen molar-refractivity contribution in [2.75, 3.05) is 13.2 Å². The average Bonchev–Trinajstić information content (AvgIpc) is 2.34. The highest BCUT2D eigenvalue weighted by atomic mass is 16.5. The Kier molecular flexibility index (Phi) is 4.75. The third-order valence-corrected chi connectivity index (χ3v) is 3.19. The van der Waals surface area contributed by atoms with Gasteiger partial charge in [0.2, 0.25) is 0 Å². The Morgan fingerprint density at radius 2 is 1.89 bits per heavy atom. The molecule has 0 heterocycles. The van der Waals surface area contributed by atoms with Crippen molar-refractivity contribution >= 4 is 0 Å². The van der Waals surface area contributed by atoms with Crippen LogP contribution in [0.2, 0.25) is 0 Å². The van der Waals surface area contributed by atoms with Crippen LogP contribution in [0.1, 0.15) is 30.5 Å². The minimum atomic E-state index is -0.641. The van der Waals surface area contributed by atoms with E-state index < -0.39 is 5.54 Å². The van der Waals surface area contributed by atoms with Crippen LogP contribution < -0.4 is 10.1 Å². The molecule has 0 spiro atoms. The number of hydrogen-bond acceptors (Lipinski definition) is 3. The molecule has 0 saturated heterocycles. The molecular weight excluding hydrogens is 224 g/mol. The first kappa shape index (κ1) is 14.5. The Balaban J connectivity index is 2.87. The molecule has 3 nitrogen and oxygen atoms in total. The van der Waals surface area contributed by atoms with Crippen LogP contribution in [0.25, 0.3) is 0 Å². The highest BCUT2D eigenvalue weighted by Crippen LogP contribution is 2.26. The van der Waals surface area contributed by atoms with Gasteiger partial charge in [-0.2, -0.15) is 5.26 Å². The largest absolute Gasteiger partial charge is 0.490 e. The zero-order chi connectivity index (χ0) is 13.8. The molecule has 1 rings (SSSR count). The van der Waals surface area contributed by atoms with Crippen LogP contribution in [-0.4, -0.2) is 18.7 Å². The molecule has 18 heavy (non-hydrogen) atoms. The van der Waals surface area contributed by atoms with E-state index in [1.807, 2.05) is 20.8 Å². The molecule has 0 radical (unpaired) electrons. The fraction of sp³-hybridized carbons (Fsp3) is 0.533. The van der Waals surface area contributed by atoms with E-state index in [4.69, 9.17) is 4.74 Å². The number of hydrogen-bond donors (Lipinski definition) is 1. The molecule has 1 unspecified atom stereocenters. The second-order valence-electron chi connectivity index (χ2n) is 4.92. The highest BCUT2D eigenvalue weighted by molar-refractivity contribution is 5.44. The fourth-order valence-corrected chi connectivity index (χ4v) is 1.88. The summed E-state index contributed by atoms with van der Waals surface area (Å²) in [5, 5.41) is 12.3. The van der Waals surface area contributed by atoms with E-state index in [2.05, 4.69) is 37.4 Å². The van der Waals surface area contributed by atoms with Gasteiger partial charge in [0.15, 0.2) is 0 Å². The van der Waals surface area contributed by atoms with Gasteiger partial charge in [0.1, 0.15) is 17.9 Å². The van der Waals surface area contributed by atoms with E-state index in [0.29, 0.717) is 6.61 Å². The quantitative estimate of drug-likeness (QED) is 0.869. The summed E-state index contributed by atoms with van der Waals surface area (Å²) in [6, 6.07) is 6.41. The predicted octanol–water partition coefficient (Wildman–Crippen LogP) is 2.88. The van der Waals surface area contributed by atoms with Crippen LogP contribution in [0.15, 0.2) is 12.1 Å². The van der Waals surface area contributed by atoms with Crippen LogP contribution in [0.3, 0.4) is 0 Å². The third kappa shape index (κ3) is 3.24. The molecule has 0 aliphatic carbocycles. The van der Waals surface area contributed by atoms with Gasteiger partial charge in [-0.1, -0.05) is 19.1 Å². The molecule has 1 N–H and O–H groups in total. The average molecular weight is 246 g/mol. The first-order valence-electron chi connectivity index (χ1n) is 6.29. The summed E-state index contributed by atoms with van der Waals surface area (Å²) in [4.78, 5) is 0. The Labute approximate surface area is 110 Å². The van der Waals surface area contributed by atoms with Crippen molar-refractivity contribution in [1.82, 2.24) is 5.32 Å². The van der Waals surface area contributed by atoms with Gasteiger partial charge in [-0.3, -0.25) is 5.32 Å². The summed E-state index contributed by atoms with van der Waals surface area (Å²) in [5.41, 5.74) is 2.82. The lowest BCUT2D eigenvalue weighted by molar-refractivity contribution is 0.234. The predicted molar refractivity (Wildman–Crippen MR) is 73.8 cm³/mol. The number of ether oxygens (including phenoxy) is 1. The lowest BCUT2D eigenvalue weighted by atomic mass is 10.0. The normalized spacial score (nSPS) is 13.8. The Hall–Kier alpha value is -1.53. The van der Waals surface area contributed by atoms with Crippen molar-refractivity contribution in [1.29, 1.82) is 5.26 Å². The van der Waals surface area contributed by atoms with E-state index in [-0.39, 0.29) is 0 Å². The van der Waals surface area contributed by atoms with Crippen molar-refractivity contribution in [3.8, 4) is 11.8 Å². The monoisotopic (exact) mass is 246 g/mol. The van der Waals surface area contributed by atoms with Gasteiger partial charge in [-0.05, 0) is 50.9 Å². The van der Waals surface area contributed by atoms with Crippen LogP contribution in [-0.2, 0) is 0 Å². The maximum Gasteiger partial charge on any atom is 0.138 e. The number of nitrogens with zero attached hydrogens (tertiary/aromatic N) is 1. The van der Waals surface area contributed by atoms with Crippen LogP contribution in [0.4, 0.5) is 0 Å². The summed E-state index contributed by atoms with van der Waals surface area (Å²) in [6.07, 6.45) is 0. The van der Waals surface area contributed by atoms with Gasteiger partial charge in [0.25, 0.3) is 0 Å². The molecule has 0 amide bonds. The van der Waals surface area contributed by atoms with Gasteiger partial charge in [-0.25, -0.2) is 0 Å². The zero-order valence-corrected chi connectivity index (χ0v) is 11.9. The van der Waals surface area contributed by atoms with E-state index in [1.54, 1.807) is 0 Å². The van der Waals surface area contributed by atoms with Crippen molar-refractivity contribution in [3.63, 3.8) is 0 Å². The summed E-state index contributed by atoms with van der Waals surface area (Å²) >= 11 is 0. The molecule has 0 aromatic heterocycles. The molecule has 1 aromatic rings. The number of nitrogens with one attached hydrogen (secondary N) is 1. The Morgan fingerprint density at radius 1 is 1.28 bits per heavy atom. The van der Waals surface area contributed by atoms with Gasteiger partial charge in [-0.15, -0.1) is 0 Å². The number of rotatable bonds is 5. The maximum absolute atomic E-state index is 9.20. The molecule has 1 aromatic carbocycles. The second-order valence-corrected chi connectivity index (χ2v) is 4.92. The molecule has 0 bridgehead atoms. The van der Waals surface area contributed by atoms with Crippen molar-refractivity contribution in [2.24, 2.45) is 0 Å². The summed E-state index contributed by atoms with van der Waals surface area (Å²) in [5.74, 6) is 0.898. The first-order chi connectivity index (χ1) is 8.43. The van der Waals surface area contributed by atoms with Gasteiger partial charge in [0.05, 0.1) is 6.07 Å². The molecule has 3 heteroatoms. The molecular formula is C15H22N2O. The Bertz CT molecular complexity index is 462. The van der Waals surface area contributed by atoms with E-state index in [9.17, 15) is 5.26 Å². The van der Waals surface area contributed by atoms with E-state index >= 15 is 0 Å². The zero-order valence-electron chi connectivity index (χ0n) is 11.9. The molecule has 0 aliphatic rings. The van der Waals surface area contributed by atoms with E-state index in [0.717, 1.165) is 23.4 Å².